The van der Waals surface area contributed by atoms with Gasteiger partial charge >= 0.3 is 0 Å². The molecule has 0 aromatic heterocycles. The maximum Gasteiger partial charge on any atom is 0.253 e. The van der Waals surface area contributed by atoms with Crippen LogP contribution in [0.15, 0.2) is 42.5 Å². The summed E-state index contributed by atoms with van der Waals surface area (Å²) in [5, 5.41) is 3.49. The molecule has 0 saturated heterocycles. The normalized spacial score (nSPS) is 11.8. The Morgan fingerprint density at radius 3 is 2.74 bits per heavy atom. The van der Waals surface area contributed by atoms with Crippen molar-refractivity contribution in [2.75, 3.05) is 12.4 Å². The zero-order valence-electron chi connectivity index (χ0n) is 13.4. The van der Waals surface area contributed by atoms with Crippen molar-refractivity contribution in [3.63, 3.8) is 0 Å². The van der Waals surface area contributed by atoms with E-state index in [1.165, 1.54) is 0 Å². The van der Waals surface area contributed by atoms with E-state index in [4.69, 9.17) is 21.1 Å². The van der Waals surface area contributed by atoms with Gasteiger partial charge in [0.05, 0.1) is 13.7 Å². The van der Waals surface area contributed by atoms with Crippen LogP contribution in [0.5, 0.6) is 5.75 Å². The first kappa shape index (κ1) is 17.3. The molecular weight excluding hydrogens is 314 g/mol. The highest BCUT2D eigenvalue weighted by molar-refractivity contribution is 6.30. The molecule has 0 fully saturated rings. The summed E-state index contributed by atoms with van der Waals surface area (Å²) >= 11 is 5.91. The second kappa shape index (κ2) is 7.99. The minimum absolute atomic E-state index is 0.196. The van der Waals surface area contributed by atoms with Gasteiger partial charge in [0.15, 0.2) is 0 Å². The van der Waals surface area contributed by atoms with E-state index in [0.29, 0.717) is 11.6 Å². The first-order valence-electron chi connectivity index (χ1n) is 7.31. The quantitative estimate of drug-likeness (QED) is 0.861. The van der Waals surface area contributed by atoms with Gasteiger partial charge in [-0.2, -0.15) is 0 Å². The molecular formula is C18H20ClNO3. The Bertz CT molecular complexity index is 688. The molecule has 0 radical (unpaired) electrons. The predicted octanol–water partition coefficient (Wildman–Crippen LogP) is 4.20. The highest BCUT2D eigenvalue weighted by Gasteiger charge is 2.14. The van der Waals surface area contributed by atoms with Crippen LogP contribution in [0.2, 0.25) is 5.02 Å². The number of aryl methyl sites for hydroxylation is 1. The molecule has 0 bridgehead atoms. The molecule has 1 unspecified atom stereocenters. The number of hydrogen-bond donors (Lipinski definition) is 1. The molecule has 1 N–H and O–H groups in total. The van der Waals surface area contributed by atoms with Gasteiger partial charge in [-0.3, -0.25) is 4.79 Å². The van der Waals surface area contributed by atoms with Crippen molar-refractivity contribution in [2.45, 2.75) is 26.6 Å². The number of anilines is 1. The lowest BCUT2D eigenvalue weighted by Gasteiger charge is -2.15. The fraction of sp³-hybridized carbons (Fsp3) is 0.278. The molecule has 2 rings (SSSR count). The van der Waals surface area contributed by atoms with Crippen molar-refractivity contribution >= 4 is 23.2 Å². The highest BCUT2D eigenvalue weighted by Crippen LogP contribution is 2.20. The fourth-order valence-electron chi connectivity index (χ4n) is 2.06. The van der Waals surface area contributed by atoms with Gasteiger partial charge in [-0.1, -0.05) is 23.7 Å². The summed E-state index contributed by atoms with van der Waals surface area (Å²) in [5.74, 6) is 0.568. The van der Waals surface area contributed by atoms with E-state index in [1.807, 2.05) is 31.2 Å². The molecule has 122 valence electrons. The molecule has 23 heavy (non-hydrogen) atoms. The summed E-state index contributed by atoms with van der Waals surface area (Å²) in [5.41, 5.74) is 2.59. The summed E-state index contributed by atoms with van der Waals surface area (Å²) in [7, 11) is 1.62. The Labute approximate surface area is 141 Å². The minimum atomic E-state index is -0.573. The number of methoxy groups -OCH3 is 1. The second-order valence-electron chi connectivity index (χ2n) is 5.25. The topological polar surface area (TPSA) is 47.6 Å². The van der Waals surface area contributed by atoms with Crippen molar-refractivity contribution in [1.29, 1.82) is 0 Å². The van der Waals surface area contributed by atoms with Gasteiger partial charge in [0.1, 0.15) is 11.9 Å². The molecule has 1 atom stereocenters. The third kappa shape index (κ3) is 4.98. The molecule has 1 amide bonds. The molecule has 4 nitrogen and oxygen atoms in total. The smallest absolute Gasteiger partial charge is 0.253 e. The van der Waals surface area contributed by atoms with Gasteiger partial charge < -0.3 is 14.8 Å². The number of carbonyl (C=O) groups excluding carboxylic acids is 1. The molecule has 0 heterocycles. The van der Waals surface area contributed by atoms with E-state index >= 15 is 0 Å². The van der Waals surface area contributed by atoms with Gasteiger partial charge in [-0.05, 0) is 55.3 Å². The van der Waals surface area contributed by atoms with Crippen molar-refractivity contribution in [3.05, 3.63) is 58.6 Å². The number of halogens is 1. The number of ether oxygens (including phenoxy) is 2. The van der Waals surface area contributed by atoms with Crippen LogP contribution in [0, 0.1) is 6.92 Å². The molecule has 0 saturated carbocycles. The molecule has 0 spiro atoms. The summed E-state index contributed by atoms with van der Waals surface area (Å²) in [6.07, 6.45) is -0.573. The number of carbonyl (C=O) groups is 1. The van der Waals surface area contributed by atoms with Gasteiger partial charge in [-0.15, -0.1) is 0 Å². The van der Waals surface area contributed by atoms with E-state index in [-0.39, 0.29) is 5.91 Å². The molecule has 0 aliphatic heterocycles. The molecule has 0 aliphatic rings. The lowest BCUT2D eigenvalue weighted by atomic mass is 10.2. The summed E-state index contributed by atoms with van der Waals surface area (Å²) < 4.78 is 10.8. The number of hydrogen-bond acceptors (Lipinski definition) is 3. The van der Waals surface area contributed by atoms with Gasteiger partial charge in [0, 0.05) is 10.7 Å². The van der Waals surface area contributed by atoms with Crippen LogP contribution in [-0.4, -0.2) is 19.1 Å². The number of amides is 1. The Kier molecular flexibility index (Phi) is 6.02. The highest BCUT2D eigenvalue weighted by atomic mass is 35.5. The Morgan fingerprint density at radius 2 is 2.04 bits per heavy atom. The summed E-state index contributed by atoms with van der Waals surface area (Å²) in [4.78, 5) is 12.2. The van der Waals surface area contributed by atoms with E-state index < -0.39 is 6.10 Å². The zero-order chi connectivity index (χ0) is 16.8. The Balaban J connectivity index is 1.91. The van der Waals surface area contributed by atoms with Crippen LogP contribution in [-0.2, 0) is 16.1 Å². The first-order valence-corrected chi connectivity index (χ1v) is 7.69. The van der Waals surface area contributed by atoms with Crippen molar-refractivity contribution in [2.24, 2.45) is 0 Å². The SMILES string of the molecule is COc1cccc(COC(C)C(=O)Nc2ccc(Cl)cc2C)c1. The van der Waals surface area contributed by atoms with E-state index in [9.17, 15) is 4.79 Å². The predicted molar refractivity (Wildman–Crippen MR) is 92.1 cm³/mol. The number of nitrogens with one attached hydrogen (secondary N) is 1. The van der Waals surface area contributed by atoms with Gasteiger partial charge in [-0.25, -0.2) is 0 Å². The van der Waals surface area contributed by atoms with Crippen LogP contribution in [0.4, 0.5) is 5.69 Å². The molecule has 5 heteroatoms. The van der Waals surface area contributed by atoms with Crippen LogP contribution in [0.3, 0.4) is 0 Å². The number of rotatable bonds is 6. The van der Waals surface area contributed by atoms with Crippen molar-refractivity contribution < 1.29 is 14.3 Å². The maximum atomic E-state index is 12.2. The van der Waals surface area contributed by atoms with E-state index in [0.717, 1.165) is 22.6 Å². The summed E-state index contributed by atoms with van der Waals surface area (Å²) in [6.45, 7) is 3.95. The average molecular weight is 334 g/mol. The number of benzene rings is 2. The third-order valence-electron chi connectivity index (χ3n) is 3.45. The third-order valence-corrected chi connectivity index (χ3v) is 3.68. The Morgan fingerprint density at radius 1 is 1.26 bits per heavy atom. The summed E-state index contributed by atoms with van der Waals surface area (Å²) in [6, 6.07) is 12.9. The van der Waals surface area contributed by atoms with Crippen molar-refractivity contribution in [3.8, 4) is 5.75 Å². The monoisotopic (exact) mass is 333 g/mol. The van der Waals surface area contributed by atoms with Crippen LogP contribution in [0.1, 0.15) is 18.1 Å². The van der Waals surface area contributed by atoms with Crippen LogP contribution < -0.4 is 10.1 Å². The van der Waals surface area contributed by atoms with Gasteiger partial charge in [0.25, 0.3) is 5.91 Å². The van der Waals surface area contributed by atoms with Crippen LogP contribution >= 0.6 is 11.6 Å². The van der Waals surface area contributed by atoms with E-state index in [1.54, 1.807) is 32.2 Å². The fourth-order valence-corrected chi connectivity index (χ4v) is 2.29. The molecule has 2 aromatic carbocycles. The Hall–Kier alpha value is -2.04. The molecule has 0 aliphatic carbocycles. The minimum Gasteiger partial charge on any atom is -0.497 e. The average Bonchev–Trinajstić information content (AvgIpc) is 2.55. The van der Waals surface area contributed by atoms with Crippen molar-refractivity contribution in [1.82, 2.24) is 0 Å². The lowest BCUT2D eigenvalue weighted by molar-refractivity contribution is -0.127. The maximum absolute atomic E-state index is 12.2. The largest absolute Gasteiger partial charge is 0.497 e. The standard InChI is InChI=1S/C18H20ClNO3/c1-12-9-15(19)7-8-17(12)20-18(21)13(2)23-11-14-5-4-6-16(10-14)22-3/h4-10,13H,11H2,1-3H3,(H,20,21). The zero-order valence-corrected chi connectivity index (χ0v) is 14.2. The first-order chi connectivity index (χ1) is 11.0. The molecule has 2 aromatic rings. The van der Waals surface area contributed by atoms with Crippen LogP contribution in [0.25, 0.3) is 0 Å². The van der Waals surface area contributed by atoms with Gasteiger partial charge in [0.2, 0.25) is 0 Å². The lowest BCUT2D eigenvalue weighted by Crippen LogP contribution is -2.27. The second-order valence-corrected chi connectivity index (χ2v) is 5.69. The van der Waals surface area contributed by atoms with E-state index in [2.05, 4.69) is 5.32 Å².